The zero-order valence-corrected chi connectivity index (χ0v) is 18.9. The molecule has 2 N–H and O–H groups in total. The van der Waals surface area contributed by atoms with Crippen molar-refractivity contribution in [3.8, 4) is 0 Å². The number of anilines is 2. The first-order valence-electron chi connectivity index (χ1n) is 10.8. The fourth-order valence-corrected chi connectivity index (χ4v) is 5.24. The topological polar surface area (TPSA) is 47.6 Å². The number of urea groups is 1. The van der Waals surface area contributed by atoms with E-state index in [2.05, 4.69) is 75.2 Å². The van der Waals surface area contributed by atoms with Gasteiger partial charge >= 0.3 is 6.03 Å². The highest BCUT2D eigenvalue weighted by molar-refractivity contribution is 7.10. The summed E-state index contributed by atoms with van der Waals surface area (Å²) in [6.07, 6.45) is 0. The van der Waals surface area contributed by atoms with E-state index in [1.807, 2.05) is 31.2 Å². The van der Waals surface area contributed by atoms with Gasteiger partial charge in [0.05, 0.1) is 6.04 Å². The van der Waals surface area contributed by atoms with Crippen LogP contribution in [0.15, 0.2) is 72.1 Å². The number of nitrogens with one attached hydrogen (secondary N) is 2. The highest BCUT2D eigenvalue weighted by Crippen LogP contribution is 2.30. The molecule has 2 amide bonds. The summed E-state index contributed by atoms with van der Waals surface area (Å²) in [6, 6.07) is 22.7. The van der Waals surface area contributed by atoms with Gasteiger partial charge in [-0.1, -0.05) is 36.4 Å². The van der Waals surface area contributed by atoms with Crippen LogP contribution in [0, 0.1) is 6.92 Å². The lowest BCUT2D eigenvalue weighted by Crippen LogP contribution is -2.52. The summed E-state index contributed by atoms with van der Waals surface area (Å²) in [5.41, 5.74) is 3.21. The molecule has 0 bridgehead atoms. The molecular weight excluding hydrogens is 404 g/mol. The Morgan fingerprint density at radius 2 is 1.74 bits per heavy atom. The van der Waals surface area contributed by atoms with E-state index in [1.54, 1.807) is 11.3 Å². The van der Waals surface area contributed by atoms with Gasteiger partial charge in [-0.05, 0) is 55.1 Å². The van der Waals surface area contributed by atoms with E-state index in [9.17, 15) is 4.79 Å². The zero-order chi connectivity index (χ0) is 21.6. The first-order valence-corrected chi connectivity index (χ1v) is 11.7. The third kappa shape index (κ3) is 5.46. The minimum atomic E-state index is -0.164. The third-order valence-electron chi connectivity index (χ3n) is 5.77. The molecule has 3 aromatic rings. The Morgan fingerprint density at radius 3 is 2.42 bits per heavy atom. The smallest absolute Gasteiger partial charge is 0.319 e. The third-order valence-corrected chi connectivity index (χ3v) is 6.71. The van der Waals surface area contributed by atoms with Crippen LogP contribution in [0.2, 0.25) is 0 Å². The largest absolute Gasteiger partial charge is 0.369 e. The molecule has 31 heavy (non-hydrogen) atoms. The van der Waals surface area contributed by atoms with Gasteiger partial charge in [0.2, 0.25) is 0 Å². The van der Waals surface area contributed by atoms with Gasteiger partial charge in [-0.2, -0.15) is 0 Å². The molecule has 4 rings (SSSR count). The second kappa shape index (κ2) is 9.98. The maximum absolute atomic E-state index is 12.7. The molecule has 5 nitrogen and oxygen atoms in total. The lowest BCUT2D eigenvalue weighted by atomic mass is 10.0. The van der Waals surface area contributed by atoms with E-state index >= 15 is 0 Å². The number of carbonyl (C=O) groups is 1. The molecule has 6 heteroatoms. The number of piperazine rings is 1. The van der Waals surface area contributed by atoms with Crippen molar-refractivity contribution >= 4 is 28.7 Å². The van der Waals surface area contributed by atoms with Gasteiger partial charge in [0, 0.05) is 48.5 Å². The van der Waals surface area contributed by atoms with Crippen molar-refractivity contribution in [2.45, 2.75) is 25.9 Å². The van der Waals surface area contributed by atoms with Crippen LogP contribution in [-0.2, 0) is 0 Å². The molecule has 0 spiro atoms. The van der Waals surface area contributed by atoms with Crippen LogP contribution in [0.1, 0.15) is 23.4 Å². The van der Waals surface area contributed by atoms with E-state index in [0.29, 0.717) is 0 Å². The maximum atomic E-state index is 12.7. The van der Waals surface area contributed by atoms with Crippen molar-refractivity contribution in [2.75, 3.05) is 36.4 Å². The number of benzene rings is 2. The molecule has 0 radical (unpaired) electrons. The van der Waals surface area contributed by atoms with Crippen molar-refractivity contribution in [1.29, 1.82) is 0 Å². The molecule has 1 saturated heterocycles. The Bertz CT molecular complexity index is 968. The Labute approximate surface area is 188 Å². The van der Waals surface area contributed by atoms with E-state index in [-0.39, 0.29) is 18.1 Å². The van der Waals surface area contributed by atoms with E-state index in [4.69, 9.17) is 0 Å². The molecule has 1 aliphatic heterocycles. The van der Waals surface area contributed by atoms with E-state index < -0.39 is 0 Å². The molecule has 0 saturated carbocycles. The van der Waals surface area contributed by atoms with Crippen molar-refractivity contribution < 1.29 is 4.79 Å². The quantitative estimate of drug-likeness (QED) is 0.565. The summed E-state index contributed by atoms with van der Waals surface area (Å²) in [7, 11) is 0. The molecule has 162 valence electrons. The highest BCUT2D eigenvalue weighted by Gasteiger charge is 2.31. The molecule has 1 aliphatic rings. The summed E-state index contributed by atoms with van der Waals surface area (Å²) < 4.78 is 0. The average Bonchev–Trinajstić information content (AvgIpc) is 3.29. The number of para-hydroxylation sites is 1. The fourth-order valence-electron chi connectivity index (χ4n) is 4.27. The number of hydrogen-bond donors (Lipinski definition) is 2. The van der Waals surface area contributed by atoms with Crippen LogP contribution in [-0.4, -0.2) is 43.2 Å². The Morgan fingerprint density at radius 1 is 0.968 bits per heavy atom. The van der Waals surface area contributed by atoms with Crippen LogP contribution in [0.4, 0.5) is 16.2 Å². The minimum Gasteiger partial charge on any atom is -0.369 e. The molecule has 0 unspecified atom stereocenters. The van der Waals surface area contributed by atoms with Crippen LogP contribution in [0.5, 0.6) is 0 Å². The first-order chi connectivity index (χ1) is 15.1. The summed E-state index contributed by atoms with van der Waals surface area (Å²) >= 11 is 1.76. The molecular formula is C25H30N4OS. The Balaban J connectivity index is 1.41. The second-order valence-electron chi connectivity index (χ2n) is 8.08. The summed E-state index contributed by atoms with van der Waals surface area (Å²) in [5.74, 6) is 0. The number of carbonyl (C=O) groups excluding carboxylic acids is 1. The summed E-state index contributed by atoms with van der Waals surface area (Å²) in [4.78, 5) is 18.9. The average molecular weight is 435 g/mol. The molecule has 2 atom stereocenters. The summed E-state index contributed by atoms with van der Waals surface area (Å²) in [5, 5.41) is 8.26. The van der Waals surface area contributed by atoms with Gasteiger partial charge in [-0.25, -0.2) is 4.79 Å². The number of aryl methyl sites for hydroxylation is 1. The molecule has 2 aromatic carbocycles. The number of thiophene rings is 1. The lowest BCUT2D eigenvalue weighted by molar-refractivity contribution is 0.157. The molecule has 1 aromatic heterocycles. The van der Waals surface area contributed by atoms with Crippen LogP contribution in [0.3, 0.4) is 0 Å². The van der Waals surface area contributed by atoms with E-state index in [0.717, 1.165) is 37.4 Å². The molecule has 1 fully saturated rings. The normalized spacial score (nSPS) is 16.5. The van der Waals surface area contributed by atoms with Crippen molar-refractivity contribution in [3.63, 3.8) is 0 Å². The Hall–Kier alpha value is -2.83. The SMILES string of the molecule is Cc1cccc(NC(=O)N[C@@H](C)[C@@H](c2cccs2)N2CCN(c3ccccc3)CC2)c1. The number of hydrogen-bond acceptors (Lipinski definition) is 4. The van der Waals surface area contributed by atoms with Crippen molar-refractivity contribution in [3.05, 3.63) is 82.6 Å². The molecule has 2 heterocycles. The highest BCUT2D eigenvalue weighted by atomic mass is 32.1. The van der Waals surface area contributed by atoms with Crippen molar-refractivity contribution in [1.82, 2.24) is 10.2 Å². The Kier molecular flexibility index (Phi) is 6.89. The van der Waals surface area contributed by atoms with Gasteiger partial charge in [0.25, 0.3) is 0 Å². The minimum absolute atomic E-state index is 0.0215. The molecule has 0 aliphatic carbocycles. The predicted octanol–water partition coefficient (Wildman–Crippen LogP) is 5.13. The van der Waals surface area contributed by atoms with Gasteiger partial charge in [0.1, 0.15) is 0 Å². The zero-order valence-electron chi connectivity index (χ0n) is 18.1. The number of rotatable bonds is 6. The first kappa shape index (κ1) is 21.4. The maximum Gasteiger partial charge on any atom is 0.319 e. The van der Waals surface area contributed by atoms with Crippen LogP contribution < -0.4 is 15.5 Å². The standard InChI is InChI=1S/C25H30N4OS/c1-19-8-6-9-21(18-19)27-25(30)26-20(2)24(23-12-7-17-31-23)29-15-13-28(14-16-29)22-10-4-3-5-11-22/h3-12,17-18,20,24H,13-16H2,1-2H3,(H2,26,27,30)/t20-,24-/m0/s1. The van der Waals surface area contributed by atoms with Gasteiger partial charge in [0.15, 0.2) is 0 Å². The fraction of sp³-hybridized carbons (Fsp3) is 0.320. The number of nitrogens with zero attached hydrogens (tertiary/aromatic N) is 2. The predicted molar refractivity (Wildman–Crippen MR) is 130 cm³/mol. The van der Waals surface area contributed by atoms with Gasteiger partial charge in [-0.15, -0.1) is 11.3 Å². The van der Waals surface area contributed by atoms with Gasteiger partial charge < -0.3 is 15.5 Å². The van der Waals surface area contributed by atoms with Crippen molar-refractivity contribution in [2.24, 2.45) is 0 Å². The number of amides is 2. The summed E-state index contributed by atoms with van der Waals surface area (Å²) in [6.45, 7) is 8.01. The monoisotopic (exact) mass is 434 g/mol. The van der Waals surface area contributed by atoms with Gasteiger partial charge in [-0.3, -0.25) is 4.90 Å². The lowest BCUT2D eigenvalue weighted by Gasteiger charge is -2.42. The van der Waals surface area contributed by atoms with E-state index in [1.165, 1.54) is 10.6 Å². The second-order valence-corrected chi connectivity index (χ2v) is 9.05. The van der Waals surface area contributed by atoms with Crippen LogP contribution in [0.25, 0.3) is 0 Å². The van der Waals surface area contributed by atoms with Crippen LogP contribution >= 0.6 is 11.3 Å².